The number of β-amino-alcohol motifs (C(OH)–C–C–N with tert-alkyl or cyclic N) is 1. The number of aryl methyl sites for hydroxylation is 1. The normalized spacial score (nSPS) is 22.7. The molecule has 0 aliphatic carbocycles. The third-order valence-electron chi connectivity index (χ3n) is 4.34. The second-order valence-electron chi connectivity index (χ2n) is 6.35. The van der Waals surface area contributed by atoms with Crippen LogP contribution in [0.4, 0.5) is 0 Å². The molecule has 0 saturated carbocycles. The van der Waals surface area contributed by atoms with Crippen LogP contribution in [0.1, 0.15) is 25.5 Å². The number of aliphatic hydroxyl groups is 1. The van der Waals surface area contributed by atoms with Crippen LogP contribution < -0.4 is 0 Å². The summed E-state index contributed by atoms with van der Waals surface area (Å²) in [5.74, 6) is 0.0828. The Balaban J connectivity index is 1.82. The maximum Gasteiger partial charge on any atom is 0.242 e. The molecule has 3 rings (SSSR count). The molecule has 0 bridgehead atoms. The van der Waals surface area contributed by atoms with Crippen molar-refractivity contribution < 1.29 is 9.90 Å². The van der Waals surface area contributed by atoms with Crippen LogP contribution in [0.15, 0.2) is 30.3 Å². The smallest absolute Gasteiger partial charge is 0.242 e. The number of rotatable bonds is 2. The minimum absolute atomic E-state index is 0.0828. The molecule has 1 amide bonds. The second-order valence-corrected chi connectivity index (χ2v) is 6.35. The maximum atomic E-state index is 12.5. The number of benzene rings is 1. The van der Waals surface area contributed by atoms with Crippen molar-refractivity contribution in [3.8, 4) is 0 Å². The number of nitrogens with zero attached hydrogens (tertiary/aromatic N) is 2. The first-order chi connectivity index (χ1) is 9.96. The van der Waals surface area contributed by atoms with Gasteiger partial charge in [-0.3, -0.25) is 4.79 Å². The van der Waals surface area contributed by atoms with Crippen molar-refractivity contribution in [3.05, 3.63) is 36.0 Å². The molecule has 1 N–H and O–H groups in total. The number of amides is 1. The third-order valence-corrected chi connectivity index (χ3v) is 4.34. The number of hydrogen-bond acceptors (Lipinski definition) is 2. The lowest BCUT2D eigenvalue weighted by Gasteiger charge is -2.37. The molecular weight excluding hydrogens is 264 g/mol. The highest BCUT2D eigenvalue weighted by Crippen LogP contribution is 2.22. The SMILES string of the molecule is Cc1cc2ccccc2n1CC(=O)N1CCCC(C)(O)C1. The van der Waals surface area contributed by atoms with Crippen LogP contribution in [-0.2, 0) is 11.3 Å². The van der Waals surface area contributed by atoms with E-state index >= 15 is 0 Å². The molecule has 2 aromatic rings. The van der Waals surface area contributed by atoms with Crippen molar-refractivity contribution in [1.82, 2.24) is 9.47 Å². The second kappa shape index (κ2) is 5.19. The van der Waals surface area contributed by atoms with Crippen LogP contribution in [-0.4, -0.2) is 39.2 Å². The molecule has 1 aromatic carbocycles. The van der Waals surface area contributed by atoms with E-state index in [1.807, 2.05) is 32.0 Å². The first-order valence-corrected chi connectivity index (χ1v) is 7.51. The number of carbonyl (C=O) groups is 1. The summed E-state index contributed by atoms with van der Waals surface area (Å²) in [4.78, 5) is 14.3. The summed E-state index contributed by atoms with van der Waals surface area (Å²) in [5, 5.41) is 11.3. The van der Waals surface area contributed by atoms with Gasteiger partial charge in [0.25, 0.3) is 0 Å². The fraction of sp³-hybridized carbons (Fsp3) is 0.471. The van der Waals surface area contributed by atoms with Crippen molar-refractivity contribution in [2.24, 2.45) is 0 Å². The summed E-state index contributed by atoms with van der Waals surface area (Å²) in [6.45, 7) is 5.36. The number of fused-ring (bicyclic) bond motifs is 1. The highest BCUT2D eigenvalue weighted by atomic mass is 16.3. The van der Waals surface area contributed by atoms with Gasteiger partial charge in [-0.25, -0.2) is 0 Å². The van der Waals surface area contributed by atoms with Gasteiger partial charge in [0, 0.05) is 24.3 Å². The van der Waals surface area contributed by atoms with Gasteiger partial charge in [0.05, 0.1) is 5.60 Å². The molecule has 112 valence electrons. The number of carbonyl (C=O) groups excluding carboxylic acids is 1. The lowest BCUT2D eigenvalue weighted by Crippen LogP contribution is -2.49. The standard InChI is InChI=1S/C17H22N2O2/c1-13-10-14-6-3-4-7-15(14)19(13)11-16(20)18-9-5-8-17(2,21)12-18/h3-4,6-7,10,21H,5,8-9,11-12H2,1-2H3. The van der Waals surface area contributed by atoms with Crippen molar-refractivity contribution in [2.45, 2.75) is 38.8 Å². The van der Waals surface area contributed by atoms with E-state index < -0.39 is 5.60 Å². The van der Waals surface area contributed by atoms with Crippen molar-refractivity contribution in [3.63, 3.8) is 0 Å². The molecule has 4 heteroatoms. The van der Waals surface area contributed by atoms with E-state index in [9.17, 15) is 9.90 Å². The van der Waals surface area contributed by atoms with Crippen LogP contribution >= 0.6 is 0 Å². The average Bonchev–Trinajstić information content (AvgIpc) is 2.74. The summed E-state index contributed by atoms with van der Waals surface area (Å²) in [5.41, 5.74) is 1.43. The Morgan fingerprint density at radius 3 is 2.90 bits per heavy atom. The molecule has 1 atom stereocenters. The summed E-state index contributed by atoms with van der Waals surface area (Å²) >= 11 is 0. The Bertz CT molecular complexity index is 672. The van der Waals surface area contributed by atoms with E-state index in [0.717, 1.165) is 36.0 Å². The highest BCUT2D eigenvalue weighted by molar-refractivity contribution is 5.84. The molecule has 0 spiro atoms. The van der Waals surface area contributed by atoms with Gasteiger partial charge in [0.15, 0.2) is 0 Å². The van der Waals surface area contributed by atoms with Crippen molar-refractivity contribution in [2.75, 3.05) is 13.1 Å². The summed E-state index contributed by atoms with van der Waals surface area (Å²) < 4.78 is 2.06. The van der Waals surface area contributed by atoms with Crippen LogP contribution in [0, 0.1) is 6.92 Å². The Morgan fingerprint density at radius 1 is 1.38 bits per heavy atom. The number of aromatic nitrogens is 1. The first-order valence-electron chi connectivity index (χ1n) is 7.51. The van der Waals surface area contributed by atoms with Gasteiger partial charge in [-0.1, -0.05) is 18.2 Å². The molecule has 1 unspecified atom stereocenters. The van der Waals surface area contributed by atoms with Gasteiger partial charge < -0.3 is 14.6 Å². The average molecular weight is 286 g/mol. The Morgan fingerprint density at radius 2 is 2.14 bits per heavy atom. The first kappa shape index (κ1) is 14.1. The molecule has 0 radical (unpaired) electrons. The zero-order valence-corrected chi connectivity index (χ0v) is 12.7. The van der Waals surface area contributed by atoms with Gasteiger partial charge in [-0.2, -0.15) is 0 Å². The van der Waals surface area contributed by atoms with Gasteiger partial charge in [-0.15, -0.1) is 0 Å². The predicted octanol–water partition coefficient (Wildman–Crippen LogP) is 2.32. The molecule has 1 saturated heterocycles. The molecule has 2 heterocycles. The van der Waals surface area contributed by atoms with E-state index in [0.29, 0.717) is 13.1 Å². The van der Waals surface area contributed by atoms with E-state index in [1.165, 1.54) is 0 Å². The van der Waals surface area contributed by atoms with Gasteiger partial charge in [-0.05, 0) is 44.2 Å². The van der Waals surface area contributed by atoms with Crippen LogP contribution in [0.2, 0.25) is 0 Å². The number of para-hydroxylation sites is 1. The fourth-order valence-corrected chi connectivity index (χ4v) is 3.23. The molecule has 1 aliphatic rings. The minimum Gasteiger partial charge on any atom is -0.388 e. The Kier molecular flexibility index (Phi) is 3.49. The summed E-state index contributed by atoms with van der Waals surface area (Å²) in [6, 6.07) is 10.2. The van der Waals surface area contributed by atoms with Crippen LogP contribution in [0.3, 0.4) is 0 Å². The quantitative estimate of drug-likeness (QED) is 0.921. The molecular formula is C17H22N2O2. The zero-order chi connectivity index (χ0) is 15.0. The van der Waals surface area contributed by atoms with Crippen LogP contribution in [0.5, 0.6) is 0 Å². The largest absolute Gasteiger partial charge is 0.388 e. The minimum atomic E-state index is -0.748. The number of likely N-dealkylation sites (tertiary alicyclic amines) is 1. The molecule has 21 heavy (non-hydrogen) atoms. The molecule has 4 nitrogen and oxygen atoms in total. The van der Waals surface area contributed by atoms with Crippen LogP contribution in [0.25, 0.3) is 10.9 Å². The number of piperidine rings is 1. The third kappa shape index (κ3) is 2.81. The van der Waals surface area contributed by atoms with Gasteiger partial charge in [0.1, 0.15) is 6.54 Å². The monoisotopic (exact) mass is 286 g/mol. The van der Waals surface area contributed by atoms with Crippen molar-refractivity contribution >= 4 is 16.8 Å². The topological polar surface area (TPSA) is 45.5 Å². The maximum absolute atomic E-state index is 12.5. The highest BCUT2D eigenvalue weighted by Gasteiger charge is 2.31. The lowest BCUT2D eigenvalue weighted by atomic mass is 9.95. The molecule has 1 fully saturated rings. The molecule has 1 aliphatic heterocycles. The number of hydrogen-bond donors (Lipinski definition) is 1. The zero-order valence-electron chi connectivity index (χ0n) is 12.7. The summed E-state index contributed by atoms with van der Waals surface area (Å²) in [7, 11) is 0. The predicted molar refractivity (Wildman–Crippen MR) is 83.1 cm³/mol. The van der Waals surface area contributed by atoms with E-state index in [-0.39, 0.29) is 5.91 Å². The van der Waals surface area contributed by atoms with Gasteiger partial charge >= 0.3 is 0 Å². The summed E-state index contributed by atoms with van der Waals surface area (Å²) in [6.07, 6.45) is 1.63. The fourth-order valence-electron chi connectivity index (χ4n) is 3.23. The van der Waals surface area contributed by atoms with E-state index in [4.69, 9.17) is 0 Å². The van der Waals surface area contributed by atoms with Gasteiger partial charge in [0.2, 0.25) is 5.91 Å². The van der Waals surface area contributed by atoms with Crippen molar-refractivity contribution in [1.29, 1.82) is 0 Å². The van der Waals surface area contributed by atoms with E-state index in [2.05, 4.69) is 16.7 Å². The Labute approximate surface area is 125 Å². The van der Waals surface area contributed by atoms with E-state index in [1.54, 1.807) is 4.90 Å². The Hall–Kier alpha value is -1.81. The molecule has 1 aromatic heterocycles. The lowest BCUT2D eigenvalue weighted by molar-refractivity contribution is -0.138.